The van der Waals surface area contributed by atoms with Crippen molar-refractivity contribution in [1.29, 1.82) is 0 Å². The van der Waals surface area contributed by atoms with E-state index < -0.39 is 0 Å². The third-order valence-corrected chi connectivity index (χ3v) is 3.76. The van der Waals surface area contributed by atoms with Gasteiger partial charge in [0.25, 0.3) is 0 Å². The van der Waals surface area contributed by atoms with Crippen LogP contribution in [-0.4, -0.2) is 42.3 Å². The third kappa shape index (κ3) is 1.69. The van der Waals surface area contributed by atoms with E-state index in [4.69, 9.17) is 10.5 Å². The SMILES string of the molecule is CCC1COC(C)CN1C1(CN)CC1. The van der Waals surface area contributed by atoms with Gasteiger partial charge in [-0.1, -0.05) is 6.92 Å². The second kappa shape index (κ2) is 3.80. The van der Waals surface area contributed by atoms with Gasteiger partial charge in [-0.05, 0) is 26.2 Å². The minimum atomic E-state index is 0.346. The van der Waals surface area contributed by atoms with E-state index in [1.807, 2.05) is 0 Å². The molecule has 1 aliphatic heterocycles. The number of hydrogen-bond acceptors (Lipinski definition) is 3. The maximum Gasteiger partial charge on any atom is 0.0675 e. The Bertz CT molecular complexity index is 203. The van der Waals surface area contributed by atoms with Crippen molar-refractivity contribution in [2.45, 2.75) is 50.8 Å². The zero-order valence-electron chi connectivity index (χ0n) is 9.33. The zero-order valence-corrected chi connectivity index (χ0v) is 9.33. The second-order valence-corrected chi connectivity index (χ2v) is 4.79. The van der Waals surface area contributed by atoms with Crippen LogP contribution in [0.15, 0.2) is 0 Å². The summed E-state index contributed by atoms with van der Waals surface area (Å²) in [6.07, 6.45) is 4.12. The van der Waals surface area contributed by atoms with Gasteiger partial charge < -0.3 is 10.5 Å². The van der Waals surface area contributed by atoms with E-state index >= 15 is 0 Å². The minimum Gasteiger partial charge on any atom is -0.376 e. The van der Waals surface area contributed by atoms with Crippen LogP contribution in [0.25, 0.3) is 0 Å². The molecule has 0 aromatic rings. The van der Waals surface area contributed by atoms with Crippen LogP contribution in [0.3, 0.4) is 0 Å². The Kier molecular flexibility index (Phi) is 2.82. The molecule has 2 N–H and O–H groups in total. The highest BCUT2D eigenvalue weighted by Gasteiger charge is 2.50. The van der Waals surface area contributed by atoms with Crippen LogP contribution >= 0.6 is 0 Å². The summed E-state index contributed by atoms with van der Waals surface area (Å²) in [6, 6.07) is 0.595. The molecule has 14 heavy (non-hydrogen) atoms. The third-order valence-electron chi connectivity index (χ3n) is 3.76. The van der Waals surface area contributed by atoms with Crippen LogP contribution < -0.4 is 5.73 Å². The molecule has 2 fully saturated rings. The van der Waals surface area contributed by atoms with Gasteiger partial charge in [0.15, 0.2) is 0 Å². The molecule has 2 unspecified atom stereocenters. The van der Waals surface area contributed by atoms with Gasteiger partial charge in [-0.25, -0.2) is 0 Å². The standard InChI is InChI=1S/C11H22N2O/c1-3-10-7-14-9(2)6-13(10)11(8-12)4-5-11/h9-10H,3-8,12H2,1-2H3. The molecule has 0 radical (unpaired) electrons. The van der Waals surface area contributed by atoms with Crippen molar-refractivity contribution in [1.82, 2.24) is 4.90 Å². The molecule has 2 rings (SSSR count). The molecule has 1 aliphatic carbocycles. The summed E-state index contributed by atoms with van der Waals surface area (Å²) >= 11 is 0. The first kappa shape index (κ1) is 10.4. The van der Waals surface area contributed by atoms with Crippen molar-refractivity contribution < 1.29 is 4.74 Å². The average molecular weight is 198 g/mol. The number of nitrogens with two attached hydrogens (primary N) is 1. The first-order valence-corrected chi connectivity index (χ1v) is 5.80. The van der Waals surface area contributed by atoms with Gasteiger partial charge in [0.05, 0.1) is 12.7 Å². The Balaban J connectivity index is 2.05. The molecular weight excluding hydrogens is 176 g/mol. The van der Waals surface area contributed by atoms with Crippen molar-refractivity contribution in [3.05, 3.63) is 0 Å². The number of ether oxygens (including phenoxy) is 1. The van der Waals surface area contributed by atoms with Gasteiger partial charge in [-0.2, -0.15) is 0 Å². The Labute approximate surface area is 86.6 Å². The second-order valence-electron chi connectivity index (χ2n) is 4.79. The molecule has 0 aromatic heterocycles. The molecule has 0 bridgehead atoms. The van der Waals surface area contributed by atoms with E-state index in [1.165, 1.54) is 19.3 Å². The quantitative estimate of drug-likeness (QED) is 0.734. The fourth-order valence-electron chi connectivity index (χ4n) is 2.52. The van der Waals surface area contributed by atoms with E-state index in [-0.39, 0.29) is 0 Å². The van der Waals surface area contributed by atoms with Crippen LogP contribution in [0, 0.1) is 0 Å². The molecule has 0 spiro atoms. The first-order chi connectivity index (χ1) is 6.72. The van der Waals surface area contributed by atoms with Crippen molar-refractivity contribution >= 4 is 0 Å². The van der Waals surface area contributed by atoms with E-state index in [2.05, 4.69) is 18.7 Å². The van der Waals surface area contributed by atoms with Gasteiger partial charge in [0.1, 0.15) is 0 Å². The molecule has 0 aromatic carbocycles. The maximum atomic E-state index is 5.88. The molecule has 3 heteroatoms. The molecule has 82 valence electrons. The van der Waals surface area contributed by atoms with Gasteiger partial charge in [0.2, 0.25) is 0 Å². The lowest BCUT2D eigenvalue weighted by atomic mass is 10.1. The Morgan fingerprint density at radius 1 is 1.50 bits per heavy atom. The van der Waals surface area contributed by atoms with E-state index in [0.717, 1.165) is 19.7 Å². The van der Waals surface area contributed by atoms with Crippen LogP contribution in [0.4, 0.5) is 0 Å². The molecule has 3 nitrogen and oxygen atoms in total. The van der Waals surface area contributed by atoms with Crippen LogP contribution in [-0.2, 0) is 4.74 Å². The fraction of sp³-hybridized carbons (Fsp3) is 1.00. The number of morpholine rings is 1. The molecule has 1 saturated heterocycles. The summed E-state index contributed by atoms with van der Waals surface area (Å²) in [5.74, 6) is 0. The summed E-state index contributed by atoms with van der Waals surface area (Å²) in [5, 5.41) is 0. The lowest BCUT2D eigenvalue weighted by molar-refractivity contribution is -0.0767. The lowest BCUT2D eigenvalue weighted by Gasteiger charge is -2.43. The summed E-state index contributed by atoms with van der Waals surface area (Å²) in [5.41, 5.74) is 6.23. The number of rotatable bonds is 3. The van der Waals surface area contributed by atoms with Gasteiger partial charge in [-0.15, -0.1) is 0 Å². The molecule has 2 atom stereocenters. The van der Waals surface area contributed by atoms with Crippen LogP contribution in [0.1, 0.15) is 33.1 Å². The van der Waals surface area contributed by atoms with E-state index in [1.54, 1.807) is 0 Å². The van der Waals surface area contributed by atoms with Crippen molar-refractivity contribution in [2.75, 3.05) is 19.7 Å². The zero-order chi connectivity index (χ0) is 10.2. The van der Waals surface area contributed by atoms with Crippen LogP contribution in [0.2, 0.25) is 0 Å². The first-order valence-electron chi connectivity index (χ1n) is 5.80. The van der Waals surface area contributed by atoms with Gasteiger partial charge in [-0.3, -0.25) is 4.90 Å². The summed E-state index contributed by atoms with van der Waals surface area (Å²) in [4.78, 5) is 2.61. The molecule has 2 aliphatic rings. The smallest absolute Gasteiger partial charge is 0.0675 e. The summed E-state index contributed by atoms with van der Waals surface area (Å²) in [6.45, 7) is 7.17. The lowest BCUT2D eigenvalue weighted by Crippen LogP contribution is -2.56. The van der Waals surface area contributed by atoms with Gasteiger partial charge >= 0.3 is 0 Å². The summed E-state index contributed by atoms with van der Waals surface area (Å²) < 4.78 is 5.70. The summed E-state index contributed by atoms with van der Waals surface area (Å²) in [7, 11) is 0. The molecule has 1 heterocycles. The largest absolute Gasteiger partial charge is 0.376 e. The molecule has 1 saturated carbocycles. The van der Waals surface area contributed by atoms with Crippen molar-refractivity contribution in [3.63, 3.8) is 0 Å². The fourth-order valence-corrected chi connectivity index (χ4v) is 2.52. The normalized spacial score (nSPS) is 37.1. The average Bonchev–Trinajstić information content (AvgIpc) is 2.98. The Morgan fingerprint density at radius 3 is 2.71 bits per heavy atom. The number of nitrogens with zero attached hydrogens (tertiary/aromatic N) is 1. The number of hydrogen-bond donors (Lipinski definition) is 1. The highest BCUT2D eigenvalue weighted by molar-refractivity contribution is 5.07. The predicted molar refractivity (Wildman–Crippen MR) is 57.2 cm³/mol. The predicted octanol–water partition coefficient (Wildman–Crippen LogP) is 0.977. The van der Waals surface area contributed by atoms with Crippen LogP contribution in [0.5, 0.6) is 0 Å². The van der Waals surface area contributed by atoms with Gasteiger partial charge in [0, 0.05) is 24.7 Å². The molecular formula is C11H22N2O. The minimum absolute atomic E-state index is 0.346. The molecule has 0 amide bonds. The van der Waals surface area contributed by atoms with E-state index in [0.29, 0.717) is 17.7 Å². The van der Waals surface area contributed by atoms with Crippen molar-refractivity contribution in [2.24, 2.45) is 5.73 Å². The monoisotopic (exact) mass is 198 g/mol. The van der Waals surface area contributed by atoms with Crippen molar-refractivity contribution in [3.8, 4) is 0 Å². The van der Waals surface area contributed by atoms with E-state index in [9.17, 15) is 0 Å². The highest BCUT2D eigenvalue weighted by atomic mass is 16.5. The Hall–Kier alpha value is -0.120. The topological polar surface area (TPSA) is 38.5 Å². The maximum absolute atomic E-state index is 5.88. The highest BCUT2D eigenvalue weighted by Crippen LogP contribution is 2.43. The Morgan fingerprint density at radius 2 is 2.21 bits per heavy atom.